The number of rotatable bonds is 7. The number of anilines is 1. The summed E-state index contributed by atoms with van der Waals surface area (Å²) in [5, 5.41) is 0. The van der Waals surface area contributed by atoms with Crippen molar-refractivity contribution in [1.29, 1.82) is 0 Å². The smallest absolute Gasteiger partial charge is 0.378 e. The average molecular weight is 395 g/mol. The van der Waals surface area contributed by atoms with Crippen LogP contribution in [0.5, 0.6) is 0 Å². The molecule has 0 unspecified atom stereocenters. The minimum atomic E-state index is -4.57. The summed E-state index contributed by atoms with van der Waals surface area (Å²) in [6.07, 6.45) is -4.57. The lowest BCUT2D eigenvalue weighted by Gasteiger charge is -2.30. The van der Waals surface area contributed by atoms with Crippen molar-refractivity contribution >= 4 is 15.9 Å². The van der Waals surface area contributed by atoms with Gasteiger partial charge in [-0.05, 0) is 17.7 Å². The Kier molecular flexibility index (Phi) is 6.89. The Bertz CT molecular complexity index is 700. The predicted octanol–water partition coefficient (Wildman–Crippen LogP) is 2.22. The number of nitrogens with one attached hydrogen (secondary N) is 1. The van der Waals surface area contributed by atoms with Gasteiger partial charge >= 0.3 is 6.18 Å². The fourth-order valence-corrected chi connectivity index (χ4v) is 4.02. The first kappa shape index (κ1) is 20.9. The minimum absolute atomic E-state index is 0.106. The van der Waals surface area contributed by atoms with Crippen molar-refractivity contribution < 1.29 is 26.3 Å². The molecular formula is C16H24F3N3O3S. The summed E-state index contributed by atoms with van der Waals surface area (Å²) < 4.78 is 73.4. The van der Waals surface area contributed by atoms with E-state index in [-0.39, 0.29) is 18.7 Å². The number of hydrogen-bond donors (Lipinski definition) is 1. The van der Waals surface area contributed by atoms with Crippen LogP contribution in [0.15, 0.2) is 18.2 Å². The second kappa shape index (κ2) is 8.55. The lowest BCUT2D eigenvalue weighted by atomic mass is 10.1. The van der Waals surface area contributed by atoms with Crippen molar-refractivity contribution in [1.82, 2.24) is 9.03 Å². The molecule has 1 aliphatic rings. The summed E-state index contributed by atoms with van der Waals surface area (Å²) in [5.41, 5.74) is -0.482. The highest BCUT2D eigenvalue weighted by Crippen LogP contribution is 2.35. The third-order valence-electron chi connectivity index (χ3n) is 4.27. The summed E-state index contributed by atoms with van der Waals surface area (Å²) >= 11 is 0. The monoisotopic (exact) mass is 395 g/mol. The Labute approximate surface area is 152 Å². The van der Waals surface area contributed by atoms with Gasteiger partial charge in [0.05, 0.1) is 18.8 Å². The largest absolute Gasteiger partial charge is 0.416 e. The average Bonchev–Trinajstić information content (AvgIpc) is 2.60. The first-order chi connectivity index (χ1) is 12.2. The van der Waals surface area contributed by atoms with Gasteiger partial charge in [-0.15, -0.1) is 0 Å². The van der Waals surface area contributed by atoms with E-state index in [1.165, 1.54) is 6.07 Å². The molecule has 1 aromatic rings. The molecule has 0 bridgehead atoms. The molecule has 1 fully saturated rings. The number of nitrogens with zero attached hydrogens (tertiary/aromatic N) is 2. The van der Waals surface area contributed by atoms with Crippen LogP contribution in [0.1, 0.15) is 25.0 Å². The Morgan fingerprint density at radius 3 is 2.35 bits per heavy atom. The van der Waals surface area contributed by atoms with Gasteiger partial charge in [0.2, 0.25) is 0 Å². The van der Waals surface area contributed by atoms with Crippen molar-refractivity contribution in [3.8, 4) is 0 Å². The third kappa shape index (κ3) is 5.09. The standard InChI is InChI=1S/C16H24F3N3O3S/c1-3-22(4-2)26(23,24)20-12-13-5-6-14(11-15(13)16(17,18)19)21-7-9-25-10-8-21/h5-6,11,20H,3-4,7-10,12H2,1-2H3. The normalized spacial score (nSPS) is 16.3. The Balaban J connectivity index is 2.25. The van der Waals surface area contributed by atoms with Gasteiger partial charge in [-0.25, -0.2) is 0 Å². The van der Waals surface area contributed by atoms with Crippen LogP contribution in [-0.2, 0) is 27.7 Å². The van der Waals surface area contributed by atoms with Crippen molar-refractivity contribution in [3.63, 3.8) is 0 Å². The minimum Gasteiger partial charge on any atom is -0.378 e. The molecule has 26 heavy (non-hydrogen) atoms. The molecule has 0 aliphatic carbocycles. The summed E-state index contributed by atoms with van der Waals surface area (Å²) in [6, 6.07) is 3.99. The van der Waals surface area contributed by atoms with Gasteiger partial charge in [-0.2, -0.15) is 30.6 Å². The highest BCUT2D eigenvalue weighted by molar-refractivity contribution is 7.87. The van der Waals surface area contributed by atoms with Crippen molar-refractivity contribution in [3.05, 3.63) is 29.3 Å². The van der Waals surface area contributed by atoms with E-state index in [0.717, 1.165) is 10.4 Å². The molecular weight excluding hydrogens is 371 g/mol. The lowest BCUT2D eigenvalue weighted by Crippen LogP contribution is -2.40. The fraction of sp³-hybridized carbons (Fsp3) is 0.625. The number of morpholine rings is 1. The number of benzene rings is 1. The van der Waals surface area contributed by atoms with Gasteiger partial charge in [0, 0.05) is 38.4 Å². The van der Waals surface area contributed by atoms with Crippen LogP contribution in [0.25, 0.3) is 0 Å². The number of hydrogen-bond acceptors (Lipinski definition) is 4. The second-order valence-electron chi connectivity index (χ2n) is 5.85. The van der Waals surface area contributed by atoms with Crippen molar-refractivity contribution in [2.45, 2.75) is 26.6 Å². The van der Waals surface area contributed by atoms with Gasteiger partial charge in [0.1, 0.15) is 0 Å². The van der Waals surface area contributed by atoms with E-state index in [1.54, 1.807) is 19.9 Å². The molecule has 1 aliphatic heterocycles. The maximum Gasteiger partial charge on any atom is 0.416 e. The molecule has 0 amide bonds. The van der Waals surface area contributed by atoms with Crippen molar-refractivity contribution in [2.75, 3.05) is 44.3 Å². The van der Waals surface area contributed by atoms with Gasteiger partial charge < -0.3 is 9.64 Å². The molecule has 0 atom stereocenters. The number of ether oxygens (including phenoxy) is 1. The molecule has 1 aromatic carbocycles. The summed E-state index contributed by atoms with van der Waals surface area (Å²) in [5.74, 6) is 0. The fourth-order valence-electron chi connectivity index (χ4n) is 2.82. The van der Waals surface area contributed by atoms with Crippen LogP contribution >= 0.6 is 0 Å². The molecule has 1 saturated heterocycles. The predicted molar refractivity (Wildman–Crippen MR) is 93.2 cm³/mol. The molecule has 1 N–H and O–H groups in total. The first-order valence-electron chi connectivity index (χ1n) is 8.46. The van der Waals surface area contributed by atoms with Crippen molar-refractivity contribution in [2.24, 2.45) is 0 Å². The van der Waals surface area contributed by atoms with Crippen LogP contribution in [0.3, 0.4) is 0 Å². The zero-order valence-corrected chi connectivity index (χ0v) is 15.7. The van der Waals surface area contributed by atoms with E-state index in [9.17, 15) is 21.6 Å². The van der Waals surface area contributed by atoms with Crippen LogP contribution in [-0.4, -0.2) is 52.1 Å². The van der Waals surface area contributed by atoms with E-state index in [0.29, 0.717) is 32.0 Å². The second-order valence-corrected chi connectivity index (χ2v) is 7.60. The maximum absolute atomic E-state index is 13.5. The molecule has 148 valence electrons. The van der Waals surface area contributed by atoms with Gasteiger partial charge in [0.15, 0.2) is 0 Å². The summed E-state index contributed by atoms with van der Waals surface area (Å²) in [7, 11) is -3.82. The highest BCUT2D eigenvalue weighted by Gasteiger charge is 2.34. The Morgan fingerprint density at radius 1 is 1.19 bits per heavy atom. The molecule has 0 saturated carbocycles. The molecule has 10 heteroatoms. The van der Waals surface area contributed by atoms with Crippen LogP contribution in [0, 0.1) is 0 Å². The zero-order valence-electron chi connectivity index (χ0n) is 14.8. The third-order valence-corrected chi connectivity index (χ3v) is 5.97. The number of alkyl halides is 3. The van der Waals surface area contributed by atoms with E-state index in [1.807, 2.05) is 4.90 Å². The number of halogens is 3. The Hall–Kier alpha value is -1.36. The molecule has 0 aromatic heterocycles. The quantitative estimate of drug-likeness (QED) is 0.769. The van der Waals surface area contributed by atoms with Crippen LogP contribution < -0.4 is 9.62 Å². The van der Waals surface area contributed by atoms with Gasteiger partial charge in [-0.3, -0.25) is 0 Å². The summed E-state index contributed by atoms with van der Waals surface area (Å²) in [4.78, 5) is 1.82. The Morgan fingerprint density at radius 2 is 1.81 bits per heavy atom. The molecule has 1 heterocycles. The SMILES string of the molecule is CCN(CC)S(=O)(=O)NCc1ccc(N2CCOCC2)cc1C(F)(F)F. The van der Waals surface area contributed by atoms with Crippen LogP contribution in [0.2, 0.25) is 0 Å². The molecule has 0 radical (unpaired) electrons. The zero-order chi connectivity index (χ0) is 19.4. The molecule has 6 nitrogen and oxygen atoms in total. The van der Waals surface area contributed by atoms with Gasteiger partial charge in [0.25, 0.3) is 10.2 Å². The molecule has 2 rings (SSSR count). The maximum atomic E-state index is 13.5. The van der Waals surface area contributed by atoms with E-state index < -0.39 is 28.5 Å². The topological polar surface area (TPSA) is 61.9 Å². The van der Waals surface area contributed by atoms with Gasteiger partial charge in [-0.1, -0.05) is 19.9 Å². The summed E-state index contributed by atoms with van der Waals surface area (Å²) in [6.45, 7) is 5.37. The molecule has 0 spiro atoms. The van der Waals surface area contributed by atoms with E-state index >= 15 is 0 Å². The first-order valence-corrected chi connectivity index (χ1v) is 9.90. The van der Waals surface area contributed by atoms with Crippen LogP contribution in [0.4, 0.5) is 18.9 Å². The highest BCUT2D eigenvalue weighted by atomic mass is 32.2. The van der Waals surface area contributed by atoms with E-state index in [4.69, 9.17) is 4.74 Å². The van der Waals surface area contributed by atoms with E-state index in [2.05, 4.69) is 4.72 Å². The lowest BCUT2D eigenvalue weighted by molar-refractivity contribution is -0.138.